The van der Waals surface area contributed by atoms with Crippen molar-refractivity contribution >= 4 is 35.0 Å². The van der Waals surface area contributed by atoms with Crippen LogP contribution < -0.4 is 15.0 Å². The lowest BCUT2D eigenvalue weighted by Gasteiger charge is -2.32. The van der Waals surface area contributed by atoms with Crippen molar-refractivity contribution in [2.75, 3.05) is 23.3 Å². The Kier molecular flexibility index (Phi) is 5.29. The third-order valence-electron chi connectivity index (χ3n) is 5.20. The molecule has 2 aliphatic heterocycles. The van der Waals surface area contributed by atoms with Gasteiger partial charge in [-0.2, -0.15) is 0 Å². The van der Waals surface area contributed by atoms with Crippen molar-refractivity contribution in [3.63, 3.8) is 0 Å². The summed E-state index contributed by atoms with van der Waals surface area (Å²) in [6.45, 7) is 5.68. The maximum atomic E-state index is 12.4. The monoisotopic (exact) mass is 419 g/mol. The summed E-state index contributed by atoms with van der Waals surface area (Å²) in [4.78, 5) is 52.2. The van der Waals surface area contributed by atoms with Crippen LogP contribution in [0.15, 0.2) is 55.1 Å². The zero-order chi connectivity index (χ0) is 22.1. The van der Waals surface area contributed by atoms with Gasteiger partial charge in [-0.1, -0.05) is 18.2 Å². The molecule has 1 atom stereocenters. The fourth-order valence-electron chi connectivity index (χ4n) is 3.68. The minimum atomic E-state index is -0.646. The molecule has 2 heterocycles. The highest BCUT2D eigenvalue weighted by molar-refractivity contribution is 6.21. The van der Waals surface area contributed by atoms with Gasteiger partial charge < -0.3 is 15.0 Å². The van der Waals surface area contributed by atoms with Gasteiger partial charge in [0.1, 0.15) is 5.75 Å². The minimum Gasteiger partial charge on any atom is -0.479 e. The van der Waals surface area contributed by atoms with E-state index >= 15 is 0 Å². The predicted octanol–water partition coefficient (Wildman–Crippen LogP) is 2.61. The maximum absolute atomic E-state index is 12.4. The molecule has 8 heteroatoms. The number of carbonyl (C=O) groups excluding carboxylic acids is 4. The van der Waals surface area contributed by atoms with Gasteiger partial charge in [0, 0.05) is 31.3 Å². The summed E-state index contributed by atoms with van der Waals surface area (Å²) in [6.07, 6.45) is 0.947. The van der Waals surface area contributed by atoms with Crippen molar-refractivity contribution in [3.05, 3.63) is 66.2 Å². The van der Waals surface area contributed by atoms with Crippen molar-refractivity contribution < 1.29 is 23.9 Å². The maximum Gasteiger partial charge on any atom is 0.268 e. The summed E-state index contributed by atoms with van der Waals surface area (Å²) in [6, 6.07) is 11.6. The van der Waals surface area contributed by atoms with Crippen molar-refractivity contribution in [3.8, 4) is 5.75 Å². The molecule has 8 nitrogen and oxygen atoms in total. The van der Waals surface area contributed by atoms with Gasteiger partial charge in [0.05, 0.1) is 16.8 Å². The van der Waals surface area contributed by atoms with E-state index in [-0.39, 0.29) is 24.8 Å². The molecule has 31 heavy (non-hydrogen) atoms. The number of rotatable bonds is 6. The summed E-state index contributed by atoms with van der Waals surface area (Å²) in [5, 5.41) is 2.75. The number of carbonyl (C=O) groups is 4. The van der Waals surface area contributed by atoms with Gasteiger partial charge in [0.2, 0.25) is 5.91 Å². The first-order valence-corrected chi connectivity index (χ1v) is 9.88. The van der Waals surface area contributed by atoms with Gasteiger partial charge in [-0.3, -0.25) is 24.1 Å². The molecular weight excluding hydrogens is 398 g/mol. The largest absolute Gasteiger partial charge is 0.479 e. The second kappa shape index (κ2) is 8.06. The quantitative estimate of drug-likeness (QED) is 0.574. The fraction of sp³-hybridized carbons (Fsp3) is 0.217. The van der Waals surface area contributed by atoms with Crippen LogP contribution in [0, 0.1) is 0 Å². The Morgan fingerprint density at radius 3 is 2.42 bits per heavy atom. The molecule has 2 aliphatic rings. The molecule has 0 aromatic heterocycles. The van der Waals surface area contributed by atoms with Gasteiger partial charge in [-0.05, 0) is 31.2 Å². The van der Waals surface area contributed by atoms with E-state index < -0.39 is 17.9 Å². The normalized spacial score (nSPS) is 17.2. The molecule has 1 N–H and O–H groups in total. The summed E-state index contributed by atoms with van der Waals surface area (Å²) in [5.74, 6) is -0.815. The number of nitrogens with one attached hydrogen (secondary N) is 1. The first-order valence-electron chi connectivity index (χ1n) is 9.88. The molecule has 4 amide bonds. The molecule has 0 saturated carbocycles. The molecular formula is C23H21N3O5. The Morgan fingerprint density at radius 2 is 1.77 bits per heavy atom. The van der Waals surface area contributed by atoms with Crippen molar-refractivity contribution in [2.24, 2.45) is 0 Å². The highest BCUT2D eigenvalue weighted by Gasteiger charge is 2.35. The smallest absolute Gasteiger partial charge is 0.268 e. The minimum absolute atomic E-state index is 0.0156. The zero-order valence-corrected chi connectivity index (χ0v) is 17.0. The van der Waals surface area contributed by atoms with Gasteiger partial charge in [-0.15, -0.1) is 6.58 Å². The van der Waals surface area contributed by atoms with Crippen LogP contribution in [0.2, 0.25) is 0 Å². The van der Waals surface area contributed by atoms with Crippen LogP contribution in [-0.4, -0.2) is 47.7 Å². The van der Waals surface area contributed by atoms with E-state index in [4.69, 9.17) is 4.74 Å². The number of benzene rings is 2. The number of hydrogen-bond donors (Lipinski definition) is 1. The summed E-state index contributed by atoms with van der Waals surface area (Å²) < 4.78 is 5.67. The van der Waals surface area contributed by atoms with E-state index in [0.29, 0.717) is 34.8 Å². The van der Waals surface area contributed by atoms with Gasteiger partial charge in [0.15, 0.2) is 6.10 Å². The Labute approximate surface area is 179 Å². The Bertz CT molecular complexity index is 1080. The van der Waals surface area contributed by atoms with E-state index in [9.17, 15) is 19.2 Å². The topological polar surface area (TPSA) is 96.0 Å². The third-order valence-corrected chi connectivity index (χ3v) is 5.20. The van der Waals surface area contributed by atoms with Crippen molar-refractivity contribution in [1.82, 2.24) is 4.90 Å². The lowest BCUT2D eigenvalue weighted by atomic mass is 10.1. The first kappa shape index (κ1) is 20.3. The van der Waals surface area contributed by atoms with Crippen LogP contribution in [0.5, 0.6) is 5.75 Å². The third kappa shape index (κ3) is 3.68. The number of anilines is 2. The Hall–Kier alpha value is -3.94. The van der Waals surface area contributed by atoms with Crippen LogP contribution in [0.1, 0.15) is 34.1 Å². The number of fused-ring (bicyclic) bond motifs is 2. The molecule has 2 aromatic rings. The van der Waals surface area contributed by atoms with Crippen LogP contribution in [0.25, 0.3) is 0 Å². The number of nitrogens with zero attached hydrogens (tertiary/aromatic N) is 2. The van der Waals surface area contributed by atoms with Gasteiger partial charge >= 0.3 is 0 Å². The van der Waals surface area contributed by atoms with E-state index in [2.05, 4.69) is 11.9 Å². The Morgan fingerprint density at radius 1 is 1.10 bits per heavy atom. The van der Waals surface area contributed by atoms with E-state index in [1.807, 2.05) is 0 Å². The zero-order valence-electron chi connectivity index (χ0n) is 17.0. The Balaban J connectivity index is 1.41. The van der Waals surface area contributed by atoms with Gasteiger partial charge in [0.25, 0.3) is 17.7 Å². The number of imide groups is 1. The van der Waals surface area contributed by atoms with Gasteiger partial charge in [-0.25, -0.2) is 0 Å². The molecule has 0 bridgehead atoms. The molecule has 0 aliphatic carbocycles. The summed E-state index contributed by atoms with van der Waals surface area (Å²) >= 11 is 0. The molecule has 0 saturated heterocycles. The van der Waals surface area contributed by atoms with Crippen molar-refractivity contribution in [1.29, 1.82) is 0 Å². The highest BCUT2D eigenvalue weighted by atomic mass is 16.5. The number of amides is 4. The van der Waals surface area contributed by atoms with E-state index in [0.717, 1.165) is 4.90 Å². The fourth-order valence-corrected chi connectivity index (χ4v) is 3.68. The van der Waals surface area contributed by atoms with E-state index in [1.54, 1.807) is 60.4 Å². The average molecular weight is 419 g/mol. The lowest BCUT2D eigenvalue weighted by molar-refractivity contribution is -0.125. The number of hydrogen-bond acceptors (Lipinski definition) is 5. The summed E-state index contributed by atoms with van der Waals surface area (Å²) in [7, 11) is 0. The molecule has 158 valence electrons. The van der Waals surface area contributed by atoms with Crippen LogP contribution >= 0.6 is 0 Å². The molecule has 0 radical (unpaired) electrons. The van der Waals surface area contributed by atoms with Crippen LogP contribution in [0.4, 0.5) is 11.4 Å². The summed E-state index contributed by atoms with van der Waals surface area (Å²) in [5.41, 5.74) is 1.80. The average Bonchev–Trinajstić information content (AvgIpc) is 3.00. The molecule has 1 unspecified atom stereocenters. The molecule has 4 rings (SSSR count). The number of ether oxygens (including phenoxy) is 1. The molecule has 2 aromatic carbocycles. The predicted molar refractivity (Wildman–Crippen MR) is 114 cm³/mol. The second-order valence-corrected chi connectivity index (χ2v) is 7.29. The standard InChI is InChI=1S/C23H21N3O5/c1-3-11-25-18-9-8-15(13-19(18)31-14(2)21(25)28)24-20(27)10-12-26-22(29)16-6-4-5-7-17(16)23(26)30/h3-9,13-14H,1,10-12H2,2H3,(H,24,27). The first-order chi connectivity index (χ1) is 14.9. The van der Waals surface area contributed by atoms with Crippen LogP contribution in [0.3, 0.4) is 0 Å². The van der Waals surface area contributed by atoms with Crippen LogP contribution in [-0.2, 0) is 9.59 Å². The SMILES string of the molecule is C=CCN1C(=O)C(C)Oc2cc(NC(=O)CCN3C(=O)c4ccccc4C3=O)ccc21. The second-order valence-electron chi connectivity index (χ2n) is 7.29. The van der Waals surface area contributed by atoms with Crippen molar-refractivity contribution in [2.45, 2.75) is 19.4 Å². The lowest BCUT2D eigenvalue weighted by Crippen LogP contribution is -2.44. The molecule has 0 fully saturated rings. The highest BCUT2D eigenvalue weighted by Crippen LogP contribution is 2.36. The molecule has 0 spiro atoms. The van der Waals surface area contributed by atoms with E-state index in [1.165, 1.54) is 0 Å².